The summed E-state index contributed by atoms with van der Waals surface area (Å²) in [6.45, 7) is 0.0799. The molecule has 0 spiro atoms. The van der Waals surface area contributed by atoms with Crippen LogP contribution in [-0.4, -0.2) is 45.8 Å². The topological polar surface area (TPSA) is 112 Å². The average Bonchev–Trinajstić information content (AvgIpc) is 2.69. The van der Waals surface area contributed by atoms with E-state index in [9.17, 15) is 9.59 Å². The van der Waals surface area contributed by atoms with Crippen LogP contribution in [0.4, 0.5) is 11.4 Å². The molecule has 0 aromatic heterocycles. The minimum atomic E-state index is -0.830. The number of hydrogen-bond acceptors (Lipinski definition) is 6. The third kappa shape index (κ3) is 5.85. The lowest BCUT2D eigenvalue weighted by Crippen LogP contribution is -2.39. The number of carbonyl (C=O) groups is 2. The molecule has 1 atom stereocenters. The van der Waals surface area contributed by atoms with Crippen molar-refractivity contribution in [3.05, 3.63) is 48.0 Å². The number of nitrogens with two attached hydrogens (primary N) is 1. The standard InChI is InChI=1S/C19H23N3O5.ClH/c1-25-11-13(20)19(24)22-15-10-16(26-2)14(9-17(15)27-3)21-18(23)12-7-5-4-6-8-12;/h4-10,13H,11,20H2,1-3H3,(H,21,23)(H,22,24);1H. The molecule has 0 bridgehead atoms. The molecule has 0 radical (unpaired) electrons. The predicted octanol–water partition coefficient (Wildman–Crippen LogP) is 2.29. The molecule has 0 fully saturated rings. The van der Waals surface area contributed by atoms with Gasteiger partial charge in [0.2, 0.25) is 5.91 Å². The average molecular weight is 410 g/mol. The smallest absolute Gasteiger partial charge is 0.255 e. The third-order valence-electron chi connectivity index (χ3n) is 3.75. The molecule has 9 heteroatoms. The summed E-state index contributed by atoms with van der Waals surface area (Å²) in [4.78, 5) is 24.5. The highest BCUT2D eigenvalue weighted by atomic mass is 35.5. The van der Waals surface area contributed by atoms with E-state index >= 15 is 0 Å². The van der Waals surface area contributed by atoms with Gasteiger partial charge in [0, 0.05) is 24.8 Å². The first-order valence-corrected chi connectivity index (χ1v) is 8.18. The Morgan fingerprint density at radius 2 is 1.50 bits per heavy atom. The van der Waals surface area contributed by atoms with Crippen LogP contribution in [0.2, 0.25) is 0 Å². The van der Waals surface area contributed by atoms with Gasteiger partial charge >= 0.3 is 0 Å². The van der Waals surface area contributed by atoms with Gasteiger partial charge in [0.05, 0.1) is 32.2 Å². The predicted molar refractivity (Wildman–Crippen MR) is 110 cm³/mol. The molecule has 8 nitrogen and oxygen atoms in total. The fourth-order valence-corrected chi connectivity index (χ4v) is 2.36. The van der Waals surface area contributed by atoms with Crippen LogP contribution in [0.1, 0.15) is 10.4 Å². The van der Waals surface area contributed by atoms with Crippen molar-refractivity contribution >= 4 is 35.6 Å². The minimum absolute atomic E-state index is 0. The lowest BCUT2D eigenvalue weighted by molar-refractivity contribution is -0.118. The molecule has 152 valence electrons. The highest BCUT2D eigenvalue weighted by Crippen LogP contribution is 2.36. The van der Waals surface area contributed by atoms with Gasteiger partial charge in [-0.15, -0.1) is 12.4 Å². The fourth-order valence-electron chi connectivity index (χ4n) is 2.36. The SMILES string of the molecule is COCC(N)C(=O)Nc1cc(OC)c(NC(=O)c2ccccc2)cc1OC.Cl. The molecule has 4 N–H and O–H groups in total. The van der Waals surface area contributed by atoms with E-state index in [2.05, 4.69) is 10.6 Å². The molecular formula is C19H24ClN3O5. The molecule has 0 saturated heterocycles. The maximum atomic E-state index is 12.4. The first kappa shape index (κ1) is 23.2. The molecule has 2 rings (SSSR count). The van der Waals surface area contributed by atoms with Gasteiger partial charge < -0.3 is 30.6 Å². The molecule has 0 aliphatic carbocycles. The van der Waals surface area contributed by atoms with Crippen LogP contribution in [-0.2, 0) is 9.53 Å². The van der Waals surface area contributed by atoms with Gasteiger partial charge in [-0.3, -0.25) is 9.59 Å². The summed E-state index contributed by atoms with van der Waals surface area (Å²) in [5, 5.41) is 5.45. The number of methoxy groups -OCH3 is 3. The Morgan fingerprint density at radius 3 is 2.00 bits per heavy atom. The first-order chi connectivity index (χ1) is 13.0. The fraction of sp³-hybridized carbons (Fsp3) is 0.263. The van der Waals surface area contributed by atoms with Gasteiger partial charge in [0.15, 0.2) is 0 Å². The number of carbonyl (C=O) groups excluding carboxylic acids is 2. The van der Waals surface area contributed by atoms with Crippen molar-refractivity contribution in [2.45, 2.75) is 6.04 Å². The van der Waals surface area contributed by atoms with E-state index in [1.165, 1.54) is 21.3 Å². The normalized spacial score (nSPS) is 11.0. The highest BCUT2D eigenvalue weighted by Gasteiger charge is 2.19. The van der Waals surface area contributed by atoms with E-state index in [0.717, 1.165) is 0 Å². The molecule has 0 aliphatic heterocycles. The summed E-state index contributed by atoms with van der Waals surface area (Å²) in [7, 11) is 4.37. The van der Waals surface area contributed by atoms with Crippen LogP contribution < -0.4 is 25.8 Å². The number of ether oxygens (including phenoxy) is 3. The molecule has 1 unspecified atom stereocenters. The second-order valence-electron chi connectivity index (χ2n) is 5.62. The Balaban J connectivity index is 0.00000392. The summed E-state index contributed by atoms with van der Waals surface area (Å²) in [6, 6.07) is 11.1. The van der Waals surface area contributed by atoms with Crippen molar-refractivity contribution in [1.29, 1.82) is 0 Å². The Labute approximate surface area is 169 Å². The second-order valence-corrected chi connectivity index (χ2v) is 5.62. The van der Waals surface area contributed by atoms with E-state index in [-0.39, 0.29) is 24.9 Å². The summed E-state index contributed by atoms with van der Waals surface area (Å²) in [5.74, 6) is -0.0269. The Morgan fingerprint density at radius 1 is 0.964 bits per heavy atom. The molecular weight excluding hydrogens is 386 g/mol. The molecule has 2 amide bonds. The highest BCUT2D eigenvalue weighted by molar-refractivity contribution is 6.05. The molecule has 0 saturated carbocycles. The zero-order valence-corrected chi connectivity index (χ0v) is 16.7. The third-order valence-corrected chi connectivity index (χ3v) is 3.75. The largest absolute Gasteiger partial charge is 0.494 e. The van der Waals surface area contributed by atoms with Gasteiger partial charge in [-0.2, -0.15) is 0 Å². The Bertz CT molecular complexity index is 802. The Kier molecular flexibility index (Phi) is 9.23. The molecule has 0 aliphatic rings. The Hall–Kier alpha value is -2.81. The summed E-state index contributed by atoms with van der Waals surface area (Å²) >= 11 is 0. The summed E-state index contributed by atoms with van der Waals surface area (Å²) < 4.78 is 15.5. The van der Waals surface area contributed by atoms with E-state index < -0.39 is 11.9 Å². The van der Waals surface area contributed by atoms with Crippen molar-refractivity contribution in [1.82, 2.24) is 0 Å². The first-order valence-electron chi connectivity index (χ1n) is 8.18. The van der Waals surface area contributed by atoms with Crippen LogP contribution in [0.3, 0.4) is 0 Å². The lowest BCUT2D eigenvalue weighted by atomic mass is 10.2. The summed E-state index contributed by atoms with van der Waals surface area (Å²) in [6.07, 6.45) is 0. The number of amides is 2. The van der Waals surface area contributed by atoms with Crippen LogP contribution in [0.15, 0.2) is 42.5 Å². The van der Waals surface area contributed by atoms with Gasteiger partial charge in [-0.05, 0) is 12.1 Å². The molecule has 28 heavy (non-hydrogen) atoms. The van der Waals surface area contributed by atoms with E-state index in [0.29, 0.717) is 28.4 Å². The van der Waals surface area contributed by atoms with Gasteiger partial charge in [0.1, 0.15) is 17.5 Å². The van der Waals surface area contributed by atoms with Crippen LogP contribution >= 0.6 is 12.4 Å². The molecule has 2 aromatic carbocycles. The molecule has 0 heterocycles. The number of rotatable bonds is 8. The monoisotopic (exact) mass is 409 g/mol. The second kappa shape index (κ2) is 11.1. The number of halogens is 1. The maximum Gasteiger partial charge on any atom is 0.255 e. The van der Waals surface area contributed by atoms with Crippen LogP contribution in [0.25, 0.3) is 0 Å². The van der Waals surface area contributed by atoms with Crippen molar-refractivity contribution in [3.63, 3.8) is 0 Å². The maximum absolute atomic E-state index is 12.4. The quantitative estimate of drug-likeness (QED) is 0.616. The number of nitrogens with one attached hydrogen (secondary N) is 2. The number of hydrogen-bond donors (Lipinski definition) is 3. The zero-order valence-electron chi connectivity index (χ0n) is 15.9. The molecule has 2 aromatic rings. The van der Waals surface area contributed by atoms with E-state index in [1.807, 2.05) is 6.07 Å². The van der Waals surface area contributed by atoms with Gasteiger partial charge in [-0.1, -0.05) is 18.2 Å². The van der Waals surface area contributed by atoms with E-state index in [4.69, 9.17) is 19.9 Å². The zero-order chi connectivity index (χ0) is 19.8. The minimum Gasteiger partial charge on any atom is -0.494 e. The lowest BCUT2D eigenvalue weighted by Gasteiger charge is -2.17. The van der Waals surface area contributed by atoms with Crippen LogP contribution in [0, 0.1) is 0 Å². The number of benzene rings is 2. The van der Waals surface area contributed by atoms with Gasteiger partial charge in [0.25, 0.3) is 5.91 Å². The van der Waals surface area contributed by atoms with Crippen molar-refractivity contribution < 1.29 is 23.8 Å². The van der Waals surface area contributed by atoms with Crippen molar-refractivity contribution in [2.24, 2.45) is 5.73 Å². The summed E-state index contributed by atoms with van der Waals surface area (Å²) in [5.41, 5.74) is 7.00. The van der Waals surface area contributed by atoms with Crippen molar-refractivity contribution in [2.75, 3.05) is 38.6 Å². The van der Waals surface area contributed by atoms with Crippen LogP contribution in [0.5, 0.6) is 11.5 Å². The van der Waals surface area contributed by atoms with Crippen molar-refractivity contribution in [3.8, 4) is 11.5 Å². The van der Waals surface area contributed by atoms with Gasteiger partial charge in [-0.25, -0.2) is 0 Å². The van der Waals surface area contributed by atoms with E-state index in [1.54, 1.807) is 36.4 Å². The number of anilines is 2.